The highest BCUT2D eigenvalue weighted by Crippen LogP contribution is 2.18. The molecule has 0 aliphatic carbocycles. The average molecular weight is 319 g/mol. The summed E-state index contributed by atoms with van der Waals surface area (Å²) in [6.07, 6.45) is 5.20. The van der Waals surface area contributed by atoms with E-state index in [0.29, 0.717) is 17.9 Å². The summed E-state index contributed by atoms with van der Waals surface area (Å²) in [4.78, 5) is 20.7. The molecule has 2 aromatic heterocycles. The lowest BCUT2D eigenvalue weighted by Gasteiger charge is -2.10. The third kappa shape index (κ3) is 3.57. The Labute approximate surface area is 140 Å². The Bertz CT molecular complexity index is 835. The van der Waals surface area contributed by atoms with Gasteiger partial charge in [-0.2, -0.15) is 0 Å². The van der Waals surface area contributed by atoms with Crippen LogP contribution in [-0.4, -0.2) is 23.0 Å². The number of benzene rings is 1. The van der Waals surface area contributed by atoms with Crippen molar-refractivity contribution in [1.82, 2.24) is 15.3 Å². The lowest BCUT2D eigenvalue weighted by molar-refractivity contribution is 0.0948. The number of para-hydroxylation sites is 1. The summed E-state index contributed by atoms with van der Waals surface area (Å²) in [7, 11) is 1.55. The topological polar surface area (TPSA) is 64.1 Å². The summed E-state index contributed by atoms with van der Waals surface area (Å²) in [6.45, 7) is 0.414. The van der Waals surface area contributed by atoms with Crippen molar-refractivity contribution < 1.29 is 9.53 Å². The van der Waals surface area contributed by atoms with Crippen LogP contribution in [0, 0.1) is 0 Å². The number of carbonyl (C=O) groups is 1. The fourth-order valence-electron chi connectivity index (χ4n) is 2.37. The van der Waals surface area contributed by atoms with Gasteiger partial charge in [0.25, 0.3) is 5.91 Å². The molecule has 0 saturated heterocycles. The fourth-order valence-corrected chi connectivity index (χ4v) is 2.37. The first-order valence-electron chi connectivity index (χ1n) is 7.54. The Morgan fingerprint density at radius 2 is 1.88 bits per heavy atom. The normalized spacial score (nSPS) is 10.2. The molecule has 0 aliphatic rings. The van der Waals surface area contributed by atoms with E-state index in [2.05, 4.69) is 15.3 Å². The third-order valence-corrected chi connectivity index (χ3v) is 3.61. The number of amides is 1. The van der Waals surface area contributed by atoms with Crippen LogP contribution in [0.25, 0.3) is 11.3 Å². The molecule has 5 heteroatoms. The van der Waals surface area contributed by atoms with Crippen LogP contribution in [-0.2, 0) is 6.54 Å². The van der Waals surface area contributed by atoms with E-state index in [9.17, 15) is 4.79 Å². The second-order valence-electron chi connectivity index (χ2n) is 5.17. The molecular formula is C19H17N3O2. The molecule has 1 N–H and O–H groups in total. The number of hydrogen-bond donors (Lipinski definition) is 1. The highest BCUT2D eigenvalue weighted by Gasteiger charge is 2.11. The molecule has 3 rings (SSSR count). The molecule has 0 radical (unpaired) electrons. The number of hydrogen-bond acceptors (Lipinski definition) is 4. The van der Waals surface area contributed by atoms with Crippen LogP contribution in [0.15, 0.2) is 67.1 Å². The largest absolute Gasteiger partial charge is 0.496 e. The molecule has 3 aromatic rings. The maximum absolute atomic E-state index is 12.3. The summed E-state index contributed by atoms with van der Waals surface area (Å²) >= 11 is 0. The van der Waals surface area contributed by atoms with Crippen LogP contribution in [0.2, 0.25) is 0 Å². The number of pyridine rings is 2. The van der Waals surface area contributed by atoms with Gasteiger partial charge in [0.05, 0.1) is 18.4 Å². The van der Waals surface area contributed by atoms with Gasteiger partial charge in [0.2, 0.25) is 0 Å². The van der Waals surface area contributed by atoms with E-state index in [0.717, 1.165) is 16.8 Å². The Balaban J connectivity index is 1.72. The fraction of sp³-hybridized carbons (Fsp3) is 0.105. The highest BCUT2D eigenvalue weighted by molar-refractivity contribution is 5.96. The molecule has 120 valence electrons. The third-order valence-electron chi connectivity index (χ3n) is 3.61. The lowest BCUT2D eigenvalue weighted by Crippen LogP contribution is -2.23. The van der Waals surface area contributed by atoms with Crippen molar-refractivity contribution in [3.63, 3.8) is 0 Å². The monoisotopic (exact) mass is 319 g/mol. The Hall–Kier alpha value is -3.21. The van der Waals surface area contributed by atoms with Gasteiger partial charge in [0, 0.05) is 30.7 Å². The SMILES string of the molecule is COc1ccccc1C(=O)NCc1ccnc(-c2ccncc2)c1. The molecule has 0 saturated carbocycles. The molecule has 2 heterocycles. The molecule has 0 fully saturated rings. The van der Waals surface area contributed by atoms with E-state index < -0.39 is 0 Å². The summed E-state index contributed by atoms with van der Waals surface area (Å²) in [5.41, 5.74) is 3.33. The van der Waals surface area contributed by atoms with Crippen LogP contribution >= 0.6 is 0 Å². The minimum atomic E-state index is -0.172. The smallest absolute Gasteiger partial charge is 0.255 e. The zero-order valence-electron chi connectivity index (χ0n) is 13.3. The number of ether oxygens (including phenoxy) is 1. The van der Waals surface area contributed by atoms with Gasteiger partial charge in [0.15, 0.2) is 0 Å². The molecule has 0 bridgehead atoms. The van der Waals surface area contributed by atoms with Crippen LogP contribution in [0.1, 0.15) is 15.9 Å². The van der Waals surface area contributed by atoms with E-state index in [-0.39, 0.29) is 5.91 Å². The van der Waals surface area contributed by atoms with Crippen molar-refractivity contribution in [2.24, 2.45) is 0 Å². The number of nitrogens with one attached hydrogen (secondary N) is 1. The summed E-state index contributed by atoms with van der Waals surface area (Å²) in [5.74, 6) is 0.386. The van der Waals surface area contributed by atoms with Crippen molar-refractivity contribution in [2.75, 3.05) is 7.11 Å². The van der Waals surface area contributed by atoms with Crippen molar-refractivity contribution >= 4 is 5.91 Å². The molecular weight excluding hydrogens is 302 g/mol. The minimum absolute atomic E-state index is 0.172. The van der Waals surface area contributed by atoms with Gasteiger partial charge in [-0.1, -0.05) is 12.1 Å². The van der Waals surface area contributed by atoms with Gasteiger partial charge >= 0.3 is 0 Å². The maximum atomic E-state index is 12.3. The first kappa shape index (κ1) is 15.7. The Morgan fingerprint density at radius 3 is 2.67 bits per heavy atom. The van der Waals surface area contributed by atoms with E-state index >= 15 is 0 Å². The van der Waals surface area contributed by atoms with Crippen molar-refractivity contribution in [3.05, 3.63) is 78.2 Å². The van der Waals surface area contributed by atoms with E-state index in [1.807, 2.05) is 36.4 Å². The number of rotatable bonds is 5. The second-order valence-corrected chi connectivity index (χ2v) is 5.17. The standard InChI is InChI=1S/C19H17N3O2/c1-24-18-5-3-2-4-16(18)19(23)22-13-14-6-11-21-17(12-14)15-7-9-20-10-8-15/h2-12H,13H2,1H3,(H,22,23). The quantitative estimate of drug-likeness (QED) is 0.785. The summed E-state index contributed by atoms with van der Waals surface area (Å²) in [6, 6.07) is 14.8. The van der Waals surface area contributed by atoms with E-state index in [4.69, 9.17) is 4.74 Å². The minimum Gasteiger partial charge on any atom is -0.496 e. The van der Waals surface area contributed by atoms with Gasteiger partial charge in [-0.05, 0) is 42.0 Å². The number of aromatic nitrogens is 2. The Morgan fingerprint density at radius 1 is 1.08 bits per heavy atom. The number of carbonyl (C=O) groups excluding carboxylic acids is 1. The van der Waals surface area contributed by atoms with Crippen molar-refractivity contribution in [2.45, 2.75) is 6.54 Å². The van der Waals surface area contributed by atoms with Crippen molar-refractivity contribution in [3.8, 4) is 17.0 Å². The van der Waals surface area contributed by atoms with E-state index in [1.165, 1.54) is 0 Å². The molecule has 0 aliphatic heterocycles. The number of methoxy groups -OCH3 is 1. The predicted octanol–water partition coefficient (Wildman–Crippen LogP) is 3.08. The molecule has 5 nitrogen and oxygen atoms in total. The molecule has 0 spiro atoms. The Kier molecular flexibility index (Phi) is 4.81. The second kappa shape index (κ2) is 7.37. The van der Waals surface area contributed by atoms with Crippen LogP contribution < -0.4 is 10.1 Å². The summed E-state index contributed by atoms with van der Waals surface area (Å²) < 4.78 is 5.22. The lowest BCUT2D eigenvalue weighted by atomic mass is 10.1. The van der Waals surface area contributed by atoms with Gasteiger partial charge < -0.3 is 10.1 Å². The van der Waals surface area contributed by atoms with Gasteiger partial charge in [0.1, 0.15) is 5.75 Å². The first-order valence-corrected chi connectivity index (χ1v) is 7.54. The van der Waals surface area contributed by atoms with Gasteiger partial charge in [-0.25, -0.2) is 0 Å². The average Bonchev–Trinajstić information content (AvgIpc) is 2.67. The maximum Gasteiger partial charge on any atom is 0.255 e. The molecule has 24 heavy (non-hydrogen) atoms. The van der Waals surface area contributed by atoms with Crippen LogP contribution in [0.4, 0.5) is 0 Å². The first-order chi connectivity index (χ1) is 11.8. The predicted molar refractivity (Wildman–Crippen MR) is 91.6 cm³/mol. The molecule has 0 unspecified atom stereocenters. The van der Waals surface area contributed by atoms with Crippen molar-refractivity contribution in [1.29, 1.82) is 0 Å². The van der Waals surface area contributed by atoms with Crippen LogP contribution in [0.3, 0.4) is 0 Å². The molecule has 0 atom stereocenters. The summed E-state index contributed by atoms with van der Waals surface area (Å²) in [5, 5.41) is 2.91. The van der Waals surface area contributed by atoms with Crippen LogP contribution in [0.5, 0.6) is 5.75 Å². The number of nitrogens with zero attached hydrogens (tertiary/aromatic N) is 2. The zero-order valence-corrected chi connectivity index (χ0v) is 13.3. The van der Waals surface area contributed by atoms with E-state index in [1.54, 1.807) is 37.8 Å². The molecule has 1 aromatic carbocycles. The molecule has 1 amide bonds. The zero-order chi connectivity index (χ0) is 16.8. The van der Waals surface area contributed by atoms with Gasteiger partial charge in [-0.3, -0.25) is 14.8 Å². The van der Waals surface area contributed by atoms with Gasteiger partial charge in [-0.15, -0.1) is 0 Å². The highest BCUT2D eigenvalue weighted by atomic mass is 16.5.